The van der Waals surface area contributed by atoms with Gasteiger partial charge in [0.2, 0.25) is 0 Å². The number of aromatic amines is 1. The van der Waals surface area contributed by atoms with E-state index in [0.29, 0.717) is 0 Å². The van der Waals surface area contributed by atoms with E-state index in [1.165, 1.54) is 30.2 Å². The predicted molar refractivity (Wildman–Crippen MR) is 74.2 cm³/mol. The number of hydrogen-bond acceptors (Lipinski definition) is 2. The number of benzene rings is 1. The van der Waals surface area contributed by atoms with Gasteiger partial charge in [-0.25, -0.2) is 0 Å². The highest BCUT2D eigenvalue weighted by molar-refractivity contribution is 5.88. The van der Waals surface area contributed by atoms with Crippen molar-refractivity contribution in [1.82, 2.24) is 10.3 Å². The van der Waals surface area contributed by atoms with Crippen LogP contribution in [0.2, 0.25) is 0 Å². The molecule has 2 aromatic rings. The Balaban J connectivity index is 1.67. The topological polar surface area (TPSA) is 37.0 Å². The molecule has 0 bridgehead atoms. The van der Waals surface area contributed by atoms with Crippen LogP contribution in [0.25, 0.3) is 10.9 Å². The average Bonchev–Trinajstić information content (AvgIpc) is 3.14. The molecule has 0 radical (unpaired) electrons. The Labute approximate surface area is 108 Å². The van der Waals surface area contributed by atoms with Gasteiger partial charge in [-0.2, -0.15) is 0 Å². The first-order chi connectivity index (χ1) is 8.88. The van der Waals surface area contributed by atoms with Crippen LogP contribution in [-0.4, -0.2) is 24.7 Å². The summed E-state index contributed by atoms with van der Waals surface area (Å²) in [5, 5.41) is 4.85. The maximum atomic E-state index is 5.36. The van der Waals surface area contributed by atoms with E-state index in [1.807, 2.05) is 6.07 Å². The number of aryl methyl sites for hydroxylation is 1. The van der Waals surface area contributed by atoms with E-state index >= 15 is 0 Å². The highest BCUT2D eigenvalue weighted by Gasteiger charge is 2.19. The van der Waals surface area contributed by atoms with E-state index in [9.17, 15) is 0 Å². The van der Waals surface area contributed by atoms with Crippen molar-refractivity contribution in [3.05, 3.63) is 30.0 Å². The number of ether oxygens (including phenoxy) is 1. The maximum Gasteiger partial charge on any atom is 0.142 e. The van der Waals surface area contributed by atoms with Crippen LogP contribution in [0.5, 0.6) is 5.75 Å². The van der Waals surface area contributed by atoms with Gasteiger partial charge in [0.25, 0.3) is 0 Å². The summed E-state index contributed by atoms with van der Waals surface area (Å²) < 4.78 is 5.36. The van der Waals surface area contributed by atoms with Crippen molar-refractivity contribution >= 4 is 10.9 Å². The SMILES string of the molecule is COc1cccc2c(CCCNC3CC3)c[nH]c12. The highest BCUT2D eigenvalue weighted by Crippen LogP contribution is 2.27. The van der Waals surface area contributed by atoms with Crippen molar-refractivity contribution in [3.8, 4) is 5.75 Å². The third-order valence-electron chi connectivity index (χ3n) is 3.62. The van der Waals surface area contributed by atoms with Gasteiger partial charge in [-0.15, -0.1) is 0 Å². The van der Waals surface area contributed by atoms with Crippen molar-refractivity contribution in [3.63, 3.8) is 0 Å². The Hall–Kier alpha value is -1.48. The minimum Gasteiger partial charge on any atom is -0.495 e. The summed E-state index contributed by atoms with van der Waals surface area (Å²) in [5.74, 6) is 0.926. The molecule has 3 heteroatoms. The molecule has 3 rings (SSSR count). The lowest BCUT2D eigenvalue weighted by Gasteiger charge is -2.03. The van der Waals surface area contributed by atoms with Crippen LogP contribution < -0.4 is 10.1 Å². The number of rotatable bonds is 6. The van der Waals surface area contributed by atoms with Crippen LogP contribution in [0.1, 0.15) is 24.8 Å². The first-order valence-corrected chi connectivity index (χ1v) is 6.75. The van der Waals surface area contributed by atoms with Gasteiger partial charge in [0.1, 0.15) is 5.75 Å². The Morgan fingerprint density at radius 3 is 3.06 bits per heavy atom. The Morgan fingerprint density at radius 1 is 1.39 bits per heavy atom. The van der Waals surface area contributed by atoms with Crippen molar-refractivity contribution in [1.29, 1.82) is 0 Å². The number of fused-ring (bicyclic) bond motifs is 1. The van der Waals surface area contributed by atoms with E-state index in [4.69, 9.17) is 4.74 Å². The summed E-state index contributed by atoms with van der Waals surface area (Å²) in [6.07, 6.45) is 7.16. The molecule has 1 heterocycles. The number of methoxy groups -OCH3 is 1. The van der Waals surface area contributed by atoms with Gasteiger partial charge in [0, 0.05) is 17.6 Å². The number of hydrogen-bond donors (Lipinski definition) is 2. The van der Waals surface area contributed by atoms with Gasteiger partial charge in [-0.3, -0.25) is 0 Å². The fraction of sp³-hybridized carbons (Fsp3) is 0.467. The van der Waals surface area contributed by atoms with Crippen LogP contribution in [0.15, 0.2) is 24.4 Å². The van der Waals surface area contributed by atoms with E-state index < -0.39 is 0 Å². The molecule has 1 aliphatic rings. The lowest BCUT2D eigenvalue weighted by Crippen LogP contribution is -2.17. The van der Waals surface area contributed by atoms with Crippen LogP contribution in [-0.2, 0) is 6.42 Å². The number of H-pyrrole nitrogens is 1. The summed E-state index contributed by atoms with van der Waals surface area (Å²) in [7, 11) is 1.72. The first kappa shape index (κ1) is 11.6. The number of nitrogens with one attached hydrogen (secondary N) is 2. The lowest BCUT2D eigenvalue weighted by atomic mass is 10.1. The van der Waals surface area contributed by atoms with Gasteiger partial charge < -0.3 is 15.0 Å². The molecule has 0 amide bonds. The van der Waals surface area contributed by atoms with Gasteiger partial charge in [0.15, 0.2) is 0 Å². The average molecular weight is 244 g/mol. The fourth-order valence-electron chi connectivity index (χ4n) is 2.43. The van der Waals surface area contributed by atoms with Gasteiger partial charge in [-0.1, -0.05) is 12.1 Å². The molecular formula is C15H20N2O. The Bertz CT molecular complexity index is 528. The zero-order valence-electron chi connectivity index (χ0n) is 10.8. The van der Waals surface area contributed by atoms with Crippen molar-refractivity contribution < 1.29 is 4.74 Å². The minimum absolute atomic E-state index is 0.813. The Kier molecular flexibility index (Phi) is 3.24. The molecule has 96 valence electrons. The van der Waals surface area contributed by atoms with E-state index in [-0.39, 0.29) is 0 Å². The molecule has 0 unspecified atom stereocenters. The summed E-state index contributed by atoms with van der Waals surface area (Å²) in [6, 6.07) is 7.03. The van der Waals surface area contributed by atoms with Crippen LogP contribution in [0, 0.1) is 0 Å². The second-order valence-corrected chi connectivity index (χ2v) is 5.03. The lowest BCUT2D eigenvalue weighted by molar-refractivity contribution is 0.419. The van der Waals surface area contributed by atoms with Crippen LogP contribution in [0.3, 0.4) is 0 Å². The largest absolute Gasteiger partial charge is 0.495 e. The second-order valence-electron chi connectivity index (χ2n) is 5.03. The van der Waals surface area contributed by atoms with Crippen molar-refractivity contribution in [2.24, 2.45) is 0 Å². The third-order valence-corrected chi connectivity index (χ3v) is 3.62. The summed E-state index contributed by atoms with van der Waals surface area (Å²) in [5.41, 5.74) is 2.51. The third kappa shape index (κ3) is 2.36. The quantitative estimate of drug-likeness (QED) is 0.767. The summed E-state index contributed by atoms with van der Waals surface area (Å²) in [4.78, 5) is 3.32. The van der Waals surface area contributed by atoms with Gasteiger partial charge in [0.05, 0.1) is 12.6 Å². The molecule has 1 aliphatic carbocycles. The second kappa shape index (κ2) is 5.02. The molecule has 1 fully saturated rings. The van der Waals surface area contributed by atoms with E-state index in [1.54, 1.807) is 7.11 Å². The van der Waals surface area contributed by atoms with Crippen molar-refractivity contribution in [2.75, 3.05) is 13.7 Å². The first-order valence-electron chi connectivity index (χ1n) is 6.75. The van der Waals surface area contributed by atoms with E-state index in [2.05, 4.69) is 28.6 Å². The zero-order valence-corrected chi connectivity index (χ0v) is 10.8. The van der Waals surface area contributed by atoms with E-state index in [0.717, 1.165) is 30.3 Å². The molecule has 1 saturated carbocycles. The predicted octanol–water partition coefficient (Wildman–Crippen LogP) is 2.86. The maximum absolute atomic E-state index is 5.36. The van der Waals surface area contributed by atoms with Crippen molar-refractivity contribution in [2.45, 2.75) is 31.7 Å². The summed E-state index contributed by atoms with van der Waals surface area (Å²) in [6.45, 7) is 1.13. The molecule has 0 aliphatic heterocycles. The van der Waals surface area contributed by atoms with Crippen LogP contribution >= 0.6 is 0 Å². The normalized spacial score (nSPS) is 15.2. The highest BCUT2D eigenvalue weighted by atomic mass is 16.5. The minimum atomic E-state index is 0.813. The van der Waals surface area contributed by atoms with Gasteiger partial charge >= 0.3 is 0 Å². The Morgan fingerprint density at radius 2 is 2.28 bits per heavy atom. The zero-order chi connectivity index (χ0) is 12.4. The number of para-hydroxylation sites is 1. The summed E-state index contributed by atoms with van der Waals surface area (Å²) >= 11 is 0. The molecule has 2 N–H and O–H groups in total. The molecule has 0 spiro atoms. The molecular weight excluding hydrogens is 224 g/mol. The fourth-order valence-corrected chi connectivity index (χ4v) is 2.43. The van der Waals surface area contributed by atoms with Gasteiger partial charge in [-0.05, 0) is 43.9 Å². The smallest absolute Gasteiger partial charge is 0.142 e. The standard InChI is InChI=1S/C15H20N2O/c1-18-14-6-2-5-13-11(10-17-15(13)14)4-3-9-16-12-7-8-12/h2,5-6,10,12,16-17H,3-4,7-9H2,1H3. The molecule has 18 heavy (non-hydrogen) atoms. The molecule has 0 atom stereocenters. The molecule has 1 aromatic carbocycles. The number of aromatic nitrogens is 1. The molecule has 0 saturated heterocycles. The molecule has 1 aromatic heterocycles. The monoisotopic (exact) mass is 244 g/mol. The van der Waals surface area contributed by atoms with Crippen LogP contribution in [0.4, 0.5) is 0 Å². The molecule has 3 nitrogen and oxygen atoms in total.